The van der Waals surface area contributed by atoms with E-state index in [0.29, 0.717) is 23.7 Å². The lowest BCUT2D eigenvalue weighted by atomic mass is 10.3. The summed E-state index contributed by atoms with van der Waals surface area (Å²) in [6.45, 7) is 0.372. The smallest absolute Gasteiger partial charge is 0.246 e. The van der Waals surface area contributed by atoms with Crippen LogP contribution in [0.4, 0.5) is 5.69 Å². The van der Waals surface area contributed by atoms with E-state index in [2.05, 4.69) is 31.6 Å². The van der Waals surface area contributed by atoms with E-state index in [1.807, 2.05) is 0 Å². The molecule has 1 heterocycles. The number of aromatic nitrogens is 3. The summed E-state index contributed by atoms with van der Waals surface area (Å²) in [5, 5.41) is 10.4. The number of amides is 1. The van der Waals surface area contributed by atoms with Gasteiger partial charge in [-0.05, 0) is 28.1 Å². The number of methoxy groups -OCH3 is 1. The predicted octanol–water partition coefficient (Wildman–Crippen LogP) is 1.15. The molecule has 0 fully saturated rings. The quantitative estimate of drug-likeness (QED) is 0.851. The number of ether oxygens (including phenoxy) is 1. The summed E-state index contributed by atoms with van der Waals surface area (Å²) in [6.07, 6.45) is 1.64. The van der Waals surface area contributed by atoms with Crippen LogP contribution in [-0.2, 0) is 17.9 Å². The zero-order valence-corrected chi connectivity index (χ0v) is 12.4. The molecule has 0 bridgehead atoms. The molecule has 0 aliphatic rings. The van der Waals surface area contributed by atoms with Crippen molar-refractivity contribution in [3.8, 4) is 5.75 Å². The molecule has 7 nitrogen and oxygen atoms in total. The lowest BCUT2D eigenvalue weighted by Crippen LogP contribution is -2.19. The van der Waals surface area contributed by atoms with Gasteiger partial charge in [-0.2, -0.15) is 0 Å². The van der Waals surface area contributed by atoms with E-state index in [4.69, 9.17) is 10.5 Å². The third kappa shape index (κ3) is 3.55. The number of nitrogens with two attached hydrogens (primary N) is 1. The fourth-order valence-corrected chi connectivity index (χ4v) is 2.00. The lowest BCUT2D eigenvalue weighted by Gasteiger charge is -2.08. The molecule has 0 atom stereocenters. The summed E-state index contributed by atoms with van der Waals surface area (Å²) in [7, 11) is 1.56. The minimum Gasteiger partial charge on any atom is -0.495 e. The Morgan fingerprint density at radius 2 is 2.35 bits per heavy atom. The van der Waals surface area contributed by atoms with Crippen molar-refractivity contribution in [2.75, 3.05) is 12.4 Å². The van der Waals surface area contributed by atoms with E-state index in [9.17, 15) is 4.79 Å². The topological polar surface area (TPSA) is 95.1 Å². The Morgan fingerprint density at radius 3 is 3.00 bits per heavy atom. The summed E-state index contributed by atoms with van der Waals surface area (Å²) < 4.78 is 7.42. The molecule has 20 heavy (non-hydrogen) atoms. The average Bonchev–Trinajstić information content (AvgIpc) is 2.88. The summed E-state index contributed by atoms with van der Waals surface area (Å²) in [5.41, 5.74) is 6.72. The first-order valence-corrected chi connectivity index (χ1v) is 6.64. The van der Waals surface area contributed by atoms with Crippen molar-refractivity contribution >= 4 is 27.5 Å². The largest absolute Gasteiger partial charge is 0.495 e. The summed E-state index contributed by atoms with van der Waals surface area (Å²) in [5.74, 6) is 0.442. The molecule has 1 aromatic heterocycles. The van der Waals surface area contributed by atoms with Crippen molar-refractivity contribution in [2.24, 2.45) is 5.73 Å². The van der Waals surface area contributed by atoms with Crippen LogP contribution in [0, 0.1) is 0 Å². The first-order valence-electron chi connectivity index (χ1n) is 5.85. The minimum atomic E-state index is -0.206. The van der Waals surface area contributed by atoms with Gasteiger partial charge < -0.3 is 15.8 Å². The first kappa shape index (κ1) is 14.5. The van der Waals surface area contributed by atoms with Crippen LogP contribution in [-0.4, -0.2) is 28.0 Å². The number of benzene rings is 1. The van der Waals surface area contributed by atoms with Gasteiger partial charge in [-0.15, -0.1) is 5.10 Å². The molecule has 2 rings (SSSR count). The van der Waals surface area contributed by atoms with Gasteiger partial charge in [0.15, 0.2) is 0 Å². The molecule has 0 aliphatic heterocycles. The highest BCUT2D eigenvalue weighted by Crippen LogP contribution is 2.27. The van der Waals surface area contributed by atoms with E-state index in [1.165, 1.54) is 4.68 Å². The van der Waals surface area contributed by atoms with Crippen LogP contribution in [0.25, 0.3) is 0 Å². The Bertz CT molecular complexity index is 614. The van der Waals surface area contributed by atoms with Crippen molar-refractivity contribution < 1.29 is 9.53 Å². The summed E-state index contributed by atoms with van der Waals surface area (Å²) >= 11 is 3.35. The number of nitrogens with zero attached hydrogens (tertiary/aromatic N) is 3. The molecule has 0 saturated heterocycles. The third-order valence-electron chi connectivity index (χ3n) is 2.54. The number of rotatable bonds is 5. The van der Waals surface area contributed by atoms with E-state index < -0.39 is 0 Å². The number of carbonyl (C=O) groups excluding carboxylic acids is 1. The molecule has 8 heteroatoms. The number of anilines is 1. The fourth-order valence-electron chi connectivity index (χ4n) is 1.59. The number of hydrogen-bond donors (Lipinski definition) is 2. The molecule has 3 N–H and O–H groups in total. The fraction of sp³-hybridized carbons (Fsp3) is 0.250. The second-order valence-corrected chi connectivity index (χ2v) is 4.86. The highest BCUT2D eigenvalue weighted by Gasteiger charge is 2.08. The maximum atomic E-state index is 11.9. The van der Waals surface area contributed by atoms with Crippen LogP contribution >= 0.6 is 15.9 Å². The van der Waals surface area contributed by atoms with Gasteiger partial charge in [0.25, 0.3) is 0 Å². The Morgan fingerprint density at radius 1 is 1.55 bits per heavy atom. The van der Waals surface area contributed by atoms with Gasteiger partial charge in [0.05, 0.1) is 23.5 Å². The highest BCUT2D eigenvalue weighted by molar-refractivity contribution is 9.10. The van der Waals surface area contributed by atoms with Gasteiger partial charge in [-0.25, -0.2) is 4.68 Å². The molecule has 0 saturated carbocycles. The first-order chi connectivity index (χ1) is 9.62. The van der Waals surface area contributed by atoms with Crippen molar-refractivity contribution in [2.45, 2.75) is 13.1 Å². The molecule has 0 aliphatic carbocycles. The van der Waals surface area contributed by atoms with Gasteiger partial charge in [-0.3, -0.25) is 4.79 Å². The summed E-state index contributed by atoms with van der Waals surface area (Å²) in [4.78, 5) is 11.9. The van der Waals surface area contributed by atoms with Gasteiger partial charge in [0.2, 0.25) is 5.91 Å². The van der Waals surface area contributed by atoms with Crippen LogP contribution in [0.3, 0.4) is 0 Å². The Labute approximate surface area is 124 Å². The van der Waals surface area contributed by atoms with E-state index in [-0.39, 0.29) is 12.5 Å². The molecular weight excluding hydrogens is 326 g/mol. The van der Waals surface area contributed by atoms with Gasteiger partial charge in [0, 0.05) is 18.3 Å². The second-order valence-electron chi connectivity index (χ2n) is 4.01. The van der Waals surface area contributed by atoms with E-state index >= 15 is 0 Å². The number of hydrogen-bond acceptors (Lipinski definition) is 5. The maximum absolute atomic E-state index is 11.9. The summed E-state index contributed by atoms with van der Waals surface area (Å²) in [6, 6.07) is 5.31. The zero-order valence-electron chi connectivity index (χ0n) is 10.8. The van der Waals surface area contributed by atoms with E-state index in [0.717, 1.165) is 4.47 Å². The van der Waals surface area contributed by atoms with Gasteiger partial charge >= 0.3 is 0 Å². The third-order valence-corrected chi connectivity index (χ3v) is 3.19. The average molecular weight is 340 g/mol. The molecule has 2 aromatic rings. The second kappa shape index (κ2) is 6.49. The molecule has 0 radical (unpaired) electrons. The normalized spacial score (nSPS) is 10.3. The van der Waals surface area contributed by atoms with Crippen LogP contribution < -0.4 is 15.8 Å². The Hall–Kier alpha value is -1.93. The van der Waals surface area contributed by atoms with E-state index in [1.54, 1.807) is 31.5 Å². The maximum Gasteiger partial charge on any atom is 0.246 e. The Balaban J connectivity index is 2.00. The molecular formula is C12H14BrN5O2. The Kier molecular flexibility index (Phi) is 4.70. The van der Waals surface area contributed by atoms with Crippen molar-refractivity contribution in [1.29, 1.82) is 0 Å². The van der Waals surface area contributed by atoms with Crippen molar-refractivity contribution in [3.05, 3.63) is 34.6 Å². The lowest BCUT2D eigenvalue weighted by molar-refractivity contribution is -0.116. The molecule has 1 amide bonds. The SMILES string of the molecule is COc1cc(NC(=O)Cn2cc(CN)nn2)ccc1Br. The van der Waals surface area contributed by atoms with Crippen molar-refractivity contribution in [1.82, 2.24) is 15.0 Å². The number of carbonyl (C=O) groups is 1. The van der Waals surface area contributed by atoms with Crippen LogP contribution in [0.2, 0.25) is 0 Å². The standard InChI is InChI=1S/C12H14BrN5O2/c1-20-11-4-8(2-3-10(11)13)15-12(19)7-18-6-9(5-14)16-17-18/h2-4,6H,5,7,14H2,1H3,(H,15,19). The zero-order chi connectivity index (χ0) is 14.5. The highest BCUT2D eigenvalue weighted by atomic mass is 79.9. The molecule has 106 valence electrons. The van der Waals surface area contributed by atoms with Crippen LogP contribution in [0.5, 0.6) is 5.75 Å². The number of halogens is 1. The number of nitrogens with one attached hydrogen (secondary N) is 1. The molecule has 1 aromatic carbocycles. The minimum absolute atomic E-state index is 0.0748. The van der Waals surface area contributed by atoms with Crippen molar-refractivity contribution in [3.63, 3.8) is 0 Å². The molecule has 0 spiro atoms. The molecule has 0 unspecified atom stereocenters. The predicted molar refractivity (Wildman–Crippen MR) is 77.2 cm³/mol. The van der Waals surface area contributed by atoms with Gasteiger partial charge in [0.1, 0.15) is 12.3 Å². The monoisotopic (exact) mass is 339 g/mol. The van der Waals surface area contributed by atoms with Gasteiger partial charge in [-0.1, -0.05) is 5.21 Å². The van der Waals surface area contributed by atoms with Crippen LogP contribution in [0.1, 0.15) is 5.69 Å². The van der Waals surface area contributed by atoms with Crippen LogP contribution in [0.15, 0.2) is 28.9 Å².